The Bertz CT molecular complexity index is 531. The Hall–Kier alpha value is -2.89. The molecular weight excluding hydrogens is 336 g/mol. The van der Waals surface area contributed by atoms with Gasteiger partial charge in [0, 0.05) is 6.54 Å². The number of carboxylic acid groups (broad SMARTS) is 2. The summed E-state index contributed by atoms with van der Waals surface area (Å²) in [6.07, 6.45) is -0.436. The second-order valence-corrected chi connectivity index (χ2v) is 5.30. The number of nitrogens with one attached hydrogen (secondary N) is 2. The monoisotopic (exact) mass is 360 g/mol. The highest BCUT2D eigenvalue weighted by atomic mass is 16.4. The van der Waals surface area contributed by atoms with E-state index in [1.807, 2.05) is 0 Å². The van der Waals surface area contributed by atoms with E-state index in [1.165, 1.54) is 6.92 Å². The molecule has 3 atom stereocenters. The fourth-order valence-electron chi connectivity index (χ4n) is 1.72. The molecule has 0 radical (unpaired) electrons. The summed E-state index contributed by atoms with van der Waals surface area (Å²) < 4.78 is 0. The Morgan fingerprint density at radius 2 is 1.60 bits per heavy atom. The van der Waals surface area contributed by atoms with Crippen molar-refractivity contribution in [1.29, 1.82) is 0 Å². The van der Waals surface area contributed by atoms with Crippen LogP contribution in [0.5, 0.6) is 0 Å². The SMILES string of the molecule is CC(N)C(=O)NC(CC(=O)O)C(=O)NC(CCCN=C(N)N)C(=O)O. The van der Waals surface area contributed by atoms with Crippen LogP contribution >= 0.6 is 0 Å². The van der Waals surface area contributed by atoms with Gasteiger partial charge >= 0.3 is 11.9 Å². The number of rotatable bonds is 11. The molecule has 0 aliphatic carbocycles. The lowest BCUT2D eigenvalue weighted by Crippen LogP contribution is -2.54. The molecule has 0 aromatic rings. The number of nitrogens with two attached hydrogens (primary N) is 3. The van der Waals surface area contributed by atoms with Crippen LogP contribution in [-0.2, 0) is 19.2 Å². The van der Waals surface area contributed by atoms with E-state index in [4.69, 9.17) is 27.4 Å². The lowest BCUT2D eigenvalue weighted by atomic mass is 10.1. The van der Waals surface area contributed by atoms with Crippen molar-refractivity contribution < 1.29 is 29.4 Å². The van der Waals surface area contributed by atoms with Gasteiger partial charge < -0.3 is 38.0 Å². The van der Waals surface area contributed by atoms with Gasteiger partial charge in [0.05, 0.1) is 12.5 Å². The maximum atomic E-state index is 12.1. The van der Waals surface area contributed by atoms with E-state index in [9.17, 15) is 19.2 Å². The normalized spacial score (nSPS) is 13.8. The Balaban J connectivity index is 4.88. The van der Waals surface area contributed by atoms with Gasteiger partial charge in [0.1, 0.15) is 12.1 Å². The van der Waals surface area contributed by atoms with Crippen molar-refractivity contribution in [2.24, 2.45) is 22.2 Å². The largest absolute Gasteiger partial charge is 0.481 e. The van der Waals surface area contributed by atoms with Gasteiger partial charge in [0.2, 0.25) is 11.8 Å². The van der Waals surface area contributed by atoms with Gasteiger partial charge in [-0.1, -0.05) is 0 Å². The van der Waals surface area contributed by atoms with Crippen molar-refractivity contribution in [2.45, 2.75) is 44.3 Å². The first-order valence-corrected chi connectivity index (χ1v) is 7.41. The number of hydrogen-bond donors (Lipinski definition) is 7. The fourth-order valence-corrected chi connectivity index (χ4v) is 1.72. The number of carbonyl (C=O) groups excluding carboxylic acids is 2. The first-order chi connectivity index (χ1) is 11.5. The van der Waals surface area contributed by atoms with Crippen LogP contribution < -0.4 is 27.8 Å². The summed E-state index contributed by atoms with van der Waals surface area (Å²) >= 11 is 0. The molecule has 0 bridgehead atoms. The predicted molar refractivity (Wildman–Crippen MR) is 87.3 cm³/mol. The summed E-state index contributed by atoms with van der Waals surface area (Å²) in [6.45, 7) is 1.52. The molecule has 142 valence electrons. The van der Waals surface area contributed by atoms with Crippen LogP contribution in [0.15, 0.2) is 4.99 Å². The highest BCUT2D eigenvalue weighted by molar-refractivity contribution is 5.93. The van der Waals surface area contributed by atoms with Crippen molar-refractivity contribution in [3.63, 3.8) is 0 Å². The summed E-state index contributed by atoms with van der Waals surface area (Å²) in [5.41, 5.74) is 15.6. The number of hydrogen-bond acceptors (Lipinski definition) is 6. The Labute approximate surface area is 143 Å². The molecule has 0 heterocycles. The minimum atomic E-state index is -1.45. The van der Waals surface area contributed by atoms with Crippen LogP contribution in [-0.4, -0.2) is 64.6 Å². The van der Waals surface area contributed by atoms with E-state index >= 15 is 0 Å². The quantitative estimate of drug-likeness (QED) is 0.112. The van der Waals surface area contributed by atoms with Crippen molar-refractivity contribution in [1.82, 2.24) is 10.6 Å². The third kappa shape index (κ3) is 9.76. The average molecular weight is 360 g/mol. The molecule has 3 unspecified atom stereocenters. The van der Waals surface area contributed by atoms with Gasteiger partial charge in [-0.25, -0.2) is 4.79 Å². The zero-order valence-corrected chi connectivity index (χ0v) is 13.8. The van der Waals surface area contributed by atoms with E-state index in [0.29, 0.717) is 0 Å². The van der Waals surface area contributed by atoms with Crippen molar-refractivity contribution >= 4 is 29.7 Å². The lowest BCUT2D eigenvalue weighted by Gasteiger charge is -2.21. The number of nitrogens with zero attached hydrogens (tertiary/aromatic N) is 1. The zero-order valence-electron chi connectivity index (χ0n) is 13.8. The number of carbonyl (C=O) groups is 4. The second kappa shape index (κ2) is 10.8. The van der Waals surface area contributed by atoms with Crippen molar-refractivity contribution in [3.05, 3.63) is 0 Å². The third-order valence-electron chi connectivity index (χ3n) is 2.99. The standard InChI is InChI=1S/C13H24N6O6/c1-6(14)10(22)19-8(5-9(20)21)11(23)18-7(12(24)25)3-2-4-17-13(15)16/h6-8H,2-5,14H2,1H3,(H,18,23)(H,19,22)(H,20,21)(H,24,25)(H4,15,16,17). The van der Waals surface area contributed by atoms with E-state index in [0.717, 1.165) is 0 Å². The molecule has 0 spiro atoms. The molecule has 0 aliphatic rings. The van der Waals surface area contributed by atoms with Crippen molar-refractivity contribution in [2.75, 3.05) is 6.54 Å². The van der Waals surface area contributed by atoms with Crippen molar-refractivity contribution in [3.8, 4) is 0 Å². The second-order valence-electron chi connectivity index (χ2n) is 5.30. The summed E-state index contributed by atoms with van der Waals surface area (Å²) in [5, 5.41) is 22.3. The molecule has 0 fully saturated rings. The van der Waals surface area contributed by atoms with Crippen LogP contribution in [0.2, 0.25) is 0 Å². The van der Waals surface area contributed by atoms with Crippen LogP contribution in [0.3, 0.4) is 0 Å². The lowest BCUT2D eigenvalue weighted by molar-refractivity contribution is -0.143. The van der Waals surface area contributed by atoms with Gasteiger partial charge in [-0.3, -0.25) is 19.4 Å². The summed E-state index contributed by atoms with van der Waals surface area (Å²) in [5.74, 6) is -4.47. The number of guanidine groups is 1. The smallest absolute Gasteiger partial charge is 0.326 e. The Kier molecular flexibility index (Phi) is 9.56. The summed E-state index contributed by atoms with van der Waals surface area (Å²) in [4.78, 5) is 49.4. The molecule has 0 aliphatic heterocycles. The minimum Gasteiger partial charge on any atom is -0.481 e. The fraction of sp³-hybridized carbons (Fsp3) is 0.615. The topological polar surface area (TPSA) is 223 Å². The Morgan fingerprint density at radius 3 is 2.04 bits per heavy atom. The zero-order chi connectivity index (χ0) is 19.6. The van der Waals surface area contributed by atoms with Gasteiger partial charge in [-0.2, -0.15) is 0 Å². The first kappa shape index (κ1) is 22.1. The van der Waals surface area contributed by atoms with Gasteiger partial charge in [0.25, 0.3) is 0 Å². The molecule has 0 aromatic carbocycles. The molecule has 12 heteroatoms. The predicted octanol–water partition coefficient (Wildman–Crippen LogP) is -3.08. The van der Waals surface area contributed by atoms with E-state index in [-0.39, 0.29) is 25.3 Å². The van der Waals surface area contributed by atoms with E-state index < -0.39 is 48.3 Å². The third-order valence-corrected chi connectivity index (χ3v) is 2.99. The van der Waals surface area contributed by atoms with Crippen LogP contribution in [0.4, 0.5) is 0 Å². The van der Waals surface area contributed by atoms with E-state index in [1.54, 1.807) is 0 Å². The van der Waals surface area contributed by atoms with Crippen LogP contribution in [0.25, 0.3) is 0 Å². The Morgan fingerprint density at radius 1 is 1.04 bits per heavy atom. The first-order valence-electron chi connectivity index (χ1n) is 7.41. The number of aliphatic carboxylic acids is 2. The number of aliphatic imine (C=N–C) groups is 1. The molecule has 0 aromatic heterocycles. The van der Waals surface area contributed by atoms with E-state index in [2.05, 4.69) is 15.6 Å². The van der Waals surface area contributed by atoms with Gasteiger partial charge in [0.15, 0.2) is 5.96 Å². The molecule has 12 nitrogen and oxygen atoms in total. The maximum Gasteiger partial charge on any atom is 0.326 e. The molecule has 0 saturated heterocycles. The molecular formula is C13H24N6O6. The van der Waals surface area contributed by atoms with Gasteiger partial charge in [-0.15, -0.1) is 0 Å². The highest BCUT2D eigenvalue weighted by Gasteiger charge is 2.28. The summed E-state index contributed by atoms with van der Waals surface area (Å²) in [6, 6.07) is -3.69. The van der Waals surface area contributed by atoms with Crippen LogP contribution in [0.1, 0.15) is 26.2 Å². The molecule has 0 rings (SSSR count). The maximum absolute atomic E-state index is 12.1. The molecule has 0 saturated carbocycles. The molecule has 2 amide bonds. The average Bonchev–Trinajstić information content (AvgIpc) is 2.48. The number of carboxylic acids is 2. The highest BCUT2D eigenvalue weighted by Crippen LogP contribution is 2.02. The molecule has 10 N–H and O–H groups in total. The number of amides is 2. The minimum absolute atomic E-state index is 0.0128. The van der Waals surface area contributed by atoms with Gasteiger partial charge in [-0.05, 0) is 19.8 Å². The molecule has 25 heavy (non-hydrogen) atoms. The summed E-state index contributed by atoms with van der Waals surface area (Å²) in [7, 11) is 0. The van der Waals surface area contributed by atoms with Crippen LogP contribution in [0, 0.1) is 0 Å².